The monoisotopic (exact) mass is 336 g/mol. The van der Waals surface area contributed by atoms with Crippen molar-refractivity contribution in [3.8, 4) is 11.4 Å². The summed E-state index contributed by atoms with van der Waals surface area (Å²) in [4.78, 5) is 16.3. The highest BCUT2D eigenvalue weighted by atomic mass is 16.5. The molecule has 25 heavy (non-hydrogen) atoms. The fraction of sp³-hybridized carbons (Fsp3) is 0.211. The normalized spacial score (nSPS) is 11.8. The lowest BCUT2D eigenvalue weighted by molar-refractivity contribution is 0.0932. The summed E-state index contributed by atoms with van der Waals surface area (Å²) in [5.41, 5.74) is 2.43. The molecule has 1 aromatic carbocycles. The Morgan fingerprint density at radius 3 is 2.92 bits per heavy atom. The van der Waals surface area contributed by atoms with Crippen LogP contribution < -0.4 is 10.1 Å². The number of aromatic nitrogens is 3. The van der Waals surface area contributed by atoms with Gasteiger partial charge in [0.25, 0.3) is 5.91 Å². The number of ether oxygens (including phenoxy) is 1. The lowest BCUT2D eigenvalue weighted by atomic mass is 10.2. The van der Waals surface area contributed by atoms with E-state index in [9.17, 15) is 4.79 Å². The van der Waals surface area contributed by atoms with Gasteiger partial charge in [-0.15, -0.1) is 0 Å². The third-order valence-electron chi connectivity index (χ3n) is 3.63. The van der Waals surface area contributed by atoms with Crippen LogP contribution in [-0.2, 0) is 0 Å². The zero-order valence-electron chi connectivity index (χ0n) is 14.2. The van der Waals surface area contributed by atoms with Gasteiger partial charge < -0.3 is 10.1 Å². The number of nitrogens with one attached hydrogen (secondary N) is 1. The summed E-state index contributed by atoms with van der Waals surface area (Å²) in [6, 6.07) is 11.5. The number of benzene rings is 1. The third kappa shape index (κ3) is 4.44. The van der Waals surface area contributed by atoms with E-state index in [1.165, 1.54) is 6.20 Å². The van der Waals surface area contributed by atoms with Gasteiger partial charge in [0.05, 0.1) is 30.2 Å². The zero-order valence-corrected chi connectivity index (χ0v) is 14.2. The first-order valence-electron chi connectivity index (χ1n) is 8.08. The third-order valence-corrected chi connectivity index (χ3v) is 3.63. The highest BCUT2D eigenvalue weighted by molar-refractivity contribution is 5.93. The summed E-state index contributed by atoms with van der Waals surface area (Å²) in [6.45, 7) is 4.34. The van der Waals surface area contributed by atoms with E-state index in [-0.39, 0.29) is 12.0 Å². The zero-order chi connectivity index (χ0) is 17.6. The maximum absolute atomic E-state index is 12.3. The Kier molecular flexibility index (Phi) is 5.09. The predicted octanol–water partition coefficient (Wildman–Crippen LogP) is 2.77. The van der Waals surface area contributed by atoms with Crippen molar-refractivity contribution in [1.82, 2.24) is 20.1 Å². The molecule has 0 aliphatic rings. The molecule has 6 heteroatoms. The number of hydrogen-bond donors (Lipinski definition) is 1. The number of hydrogen-bond acceptors (Lipinski definition) is 4. The van der Waals surface area contributed by atoms with Gasteiger partial charge in [-0.2, -0.15) is 5.10 Å². The van der Waals surface area contributed by atoms with Crippen molar-refractivity contribution in [1.29, 1.82) is 0 Å². The number of carbonyl (C=O) groups excluding carboxylic acids is 1. The summed E-state index contributed by atoms with van der Waals surface area (Å²) >= 11 is 0. The molecular weight excluding hydrogens is 316 g/mol. The highest BCUT2D eigenvalue weighted by Gasteiger charge is 2.11. The molecule has 0 bridgehead atoms. The minimum Gasteiger partial charge on any atom is -0.489 e. The number of rotatable bonds is 6. The standard InChI is InChI=1S/C19H20N4O2/c1-14-5-3-7-18(9-14)25-15(2)10-21-19(24)16-11-22-23(13-16)17-6-4-8-20-12-17/h3-9,11-13,15H,10H2,1-2H3,(H,21,24)/t15-/m0/s1. The first kappa shape index (κ1) is 16.7. The summed E-state index contributed by atoms with van der Waals surface area (Å²) in [6.07, 6.45) is 6.45. The topological polar surface area (TPSA) is 69.0 Å². The van der Waals surface area contributed by atoms with Crippen molar-refractivity contribution < 1.29 is 9.53 Å². The van der Waals surface area contributed by atoms with Crippen molar-refractivity contribution in [3.63, 3.8) is 0 Å². The van der Waals surface area contributed by atoms with Gasteiger partial charge in [-0.05, 0) is 43.7 Å². The molecule has 0 aliphatic heterocycles. The van der Waals surface area contributed by atoms with E-state index in [1.807, 2.05) is 50.2 Å². The maximum Gasteiger partial charge on any atom is 0.254 e. The Balaban J connectivity index is 1.55. The van der Waals surface area contributed by atoms with Gasteiger partial charge in [-0.1, -0.05) is 12.1 Å². The lowest BCUT2D eigenvalue weighted by Crippen LogP contribution is -2.33. The quantitative estimate of drug-likeness (QED) is 0.751. The van der Waals surface area contributed by atoms with Crippen LogP contribution >= 0.6 is 0 Å². The van der Waals surface area contributed by atoms with Crippen LogP contribution in [-0.4, -0.2) is 33.3 Å². The largest absolute Gasteiger partial charge is 0.489 e. The van der Waals surface area contributed by atoms with Crippen LogP contribution in [0.5, 0.6) is 5.75 Å². The van der Waals surface area contributed by atoms with Crippen molar-refractivity contribution in [2.45, 2.75) is 20.0 Å². The average molecular weight is 336 g/mol. The van der Waals surface area contributed by atoms with Gasteiger partial charge in [0.1, 0.15) is 11.9 Å². The molecule has 2 aromatic heterocycles. The van der Waals surface area contributed by atoms with E-state index >= 15 is 0 Å². The maximum atomic E-state index is 12.3. The summed E-state index contributed by atoms with van der Waals surface area (Å²) in [7, 11) is 0. The van der Waals surface area contributed by atoms with Crippen LogP contribution in [0.3, 0.4) is 0 Å². The van der Waals surface area contributed by atoms with E-state index < -0.39 is 0 Å². The Bertz CT molecular complexity index is 845. The van der Waals surface area contributed by atoms with Crippen LogP contribution in [0, 0.1) is 6.92 Å². The van der Waals surface area contributed by atoms with E-state index in [4.69, 9.17) is 4.74 Å². The Morgan fingerprint density at radius 1 is 1.28 bits per heavy atom. The van der Waals surface area contributed by atoms with Gasteiger partial charge in [0.2, 0.25) is 0 Å². The summed E-state index contributed by atoms with van der Waals surface area (Å²) < 4.78 is 7.43. The van der Waals surface area contributed by atoms with E-state index in [0.29, 0.717) is 12.1 Å². The van der Waals surface area contributed by atoms with Gasteiger partial charge in [0, 0.05) is 12.4 Å². The number of amides is 1. The lowest BCUT2D eigenvalue weighted by Gasteiger charge is -2.15. The van der Waals surface area contributed by atoms with Gasteiger partial charge >= 0.3 is 0 Å². The number of aryl methyl sites for hydroxylation is 1. The Morgan fingerprint density at radius 2 is 2.16 bits per heavy atom. The molecule has 1 N–H and O–H groups in total. The molecule has 0 saturated heterocycles. The van der Waals surface area contributed by atoms with Gasteiger partial charge in [0.15, 0.2) is 0 Å². The van der Waals surface area contributed by atoms with Gasteiger partial charge in [-0.25, -0.2) is 4.68 Å². The van der Waals surface area contributed by atoms with Crippen LogP contribution in [0.2, 0.25) is 0 Å². The molecule has 3 rings (SSSR count). The van der Waals surface area contributed by atoms with Gasteiger partial charge in [-0.3, -0.25) is 9.78 Å². The molecule has 0 saturated carbocycles. The van der Waals surface area contributed by atoms with Crippen LogP contribution in [0.1, 0.15) is 22.8 Å². The predicted molar refractivity (Wildman–Crippen MR) is 95.0 cm³/mol. The molecule has 0 spiro atoms. The van der Waals surface area contributed by atoms with Crippen molar-refractivity contribution in [2.75, 3.05) is 6.54 Å². The van der Waals surface area contributed by atoms with Crippen LogP contribution in [0.15, 0.2) is 61.2 Å². The first-order chi connectivity index (χ1) is 12.1. The molecule has 1 atom stereocenters. The number of carbonyl (C=O) groups is 1. The smallest absolute Gasteiger partial charge is 0.254 e. The second-order valence-corrected chi connectivity index (χ2v) is 5.84. The molecule has 2 heterocycles. The fourth-order valence-corrected chi connectivity index (χ4v) is 2.37. The van der Waals surface area contributed by atoms with E-state index in [1.54, 1.807) is 23.3 Å². The minimum atomic E-state index is -0.185. The minimum absolute atomic E-state index is 0.140. The molecule has 0 fully saturated rings. The second-order valence-electron chi connectivity index (χ2n) is 5.84. The van der Waals surface area contributed by atoms with E-state index in [2.05, 4.69) is 15.4 Å². The van der Waals surface area contributed by atoms with Crippen LogP contribution in [0.4, 0.5) is 0 Å². The fourth-order valence-electron chi connectivity index (χ4n) is 2.37. The molecule has 6 nitrogen and oxygen atoms in total. The molecule has 0 aliphatic carbocycles. The highest BCUT2D eigenvalue weighted by Crippen LogP contribution is 2.14. The summed E-state index contributed by atoms with van der Waals surface area (Å²) in [5.74, 6) is 0.612. The van der Waals surface area contributed by atoms with Crippen molar-refractivity contribution >= 4 is 5.91 Å². The second kappa shape index (κ2) is 7.61. The first-order valence-corrected chi connectivity index (χ1v) is 8.08. The Hall–Kier alpha value is -3.15. The number of nitrogens with zero attached hydrogens (tertiary/aromatic N) is 3. The summed E-state index contributed by atoms with van der Waals surface area (Å²) in [5, 5.41) is 7.06. The molecule has 3 aromatic rings. The molecule has 128 valence electrons. The van der Waals surface area contributed by atoms with Crippen molar-refractivity contribution in [2.24, 2.45) is 0 Å². The Labute approximate surface area is 146 Å². The average Bonchev–Trinajstić information content (AvgIpc) is 3.11. The van der Waals surface area contributed by atoms with Crippen LogP contribution in [0.25, 0.3) is 5.69 Å². The molecule has 1 amide bonds. The SMILES string of the molecule is Cc1cccc(O[C@@H](C)CNC(=O)c2cnn(-c3cccnc3)c2)c1. The molecule has 0 unspecified atom stereocenters. The van der Waals surface area contributed by atoms with E-state index in [0.717, 1.165) is 17.0 Å². The number of pyridine rings is 1. The molecular formula is C19H20N4O2. The van der Waals surface area contributed by atoms with Crippen molar-refractivity contribution in [3.05, 3.63) is 72.3 Å². The molecule has 0 radical (unpaired) electrons.